The first-order valence-electron chi connectivity index (χ1n) is 13.6. The molecule has 0 N–H and O–H groups in total. The minimum absolute atomic E-state index is 0.149. The van der Waals surface area contributed by atoms with Gasteiger partial charge in [0, 0.05) is 24.2 Å². The normalized spacial score (nSPS) is 24.9. The highest BCUT2D eigenvalue weighted by Crippen LogP contribution is 2.52. The van der Waals surface area contributed by atoms with Gasteiger partial charge in [0.15, 0.2) is 0 Å². The van der Waals surface area contributed by atoms with Crippen LogP contribution in [-0.2, 0) is 9.47 Å². The van der Waals surface area contributed by atoms with Crippen LogP contribution in [0.3, 0.4) is 0 Å². The van der Waals surface area contributed by atoms with Crippen LogP contribution in [0, 0.1) is 18.8 Å². The molecule has 1 saturated heterocycles. The molecule has 0 bridgehead atoms. The number of esters is 1. The smallest absolute Gasteiger partial charge is 0.410 e. The van der Waals surface area contributed by atoms with E-state index in [9.17, 15) is 9.59 Å². The molecule has 1 aliphatic heterocycles. The number of likely N-dealkylation sites (tertiary alicyclic amines) is 1. The van der Waals surface area contributed by atoms with Gasteiger partial charge in [-0.05, 0) is 103 Å². The van der Waals surface area contributed by atoms with Crippen LogP contribution in [0.25, 0.3) is 11.3 Å². The van der Waals surface area contributed by atoms with Gasteiger partial charge >= 0.3 is 12.1 Å². The Morgan fingerprint density at radius 1 is 1.08 bits per heavy atom. The zero-order chi connectivity index (χ0) is 26.3. The van der Waals surface area contributed by atoms with Crippen molar-refractivity contribution in [3.05, 3.63) is 35.5 Å². The number of amides is 1. The number of fused-ring (bicyclic) bond motifs is 1. The molecule has 3 fully saturated rings. The number of hydrogen-bond donors (Lipinski definition) is 0. The summed E-state index contributed by atoms with van der Waals surface area (Å²) in [6.45, 7) is 10.6. The number of carbonyl (C=O) groups excluding carboxylic acids is 2. The average Bonchev–Trinajstić information content (AvgIpc) is 3.30. The van der Waals surface area contributed by atoms with Gasteiger partial charge in [-0.1, -0.05) is 0 Å². The summed E-state index contributed by atoms with van der Waals surface area (Å²) in [6.07, 6.45) is 5.30. The summed E-state index contributed by atoms with van der Waals surface area (Å²) in [5.41, 5.74) is 2.31. The lowest BCUT2D eigenvalue weighted by atomic mass is 10.0. The van der Waals surface area contributed by atoms with Crippen LogP contribution in [0.15, 0.2) is 24.3 Å². The number of hydrogen-bond acceptors (Lipinski definition) is 6. The lowest BCUT2D eigenvalue weighted by Gasteiger charge is -2.34. The number of ether oxygens (including phenoxy) is 3. The van der Waals surface area contributed by atoms with Crippen molar-refractivity contribution in [1.82, 2.24) is 14.7 Å². The van der Waals surface area contributed by atoms with Crippen LogP contribution in [0.2, 0.25) is 0 Å². The summed E-state index contributed by atoms with van der Waals surface area (Å²) >= 11 is 0. The average molecular weight is 510 g/mol. The molecule has 2 heterocycles. The Labute approximate surface area is 219 Å². The maximum Gasteiger partial charge on any atom is 0.410 e. The Morgan fingerprint density at radius 2 is 1.78 bits per heavy atom. The molecule has 2 saturated carbocycles. The first-order valence-corrected chi connectivity index (χ1v) is 13.6. The number of aromatic nitrogens is 2. The third-order valence-corrected chi connectivity index (χ3v) is 7.64. The molecule has 5 rings (SSSR count). The van der Waals surface area contributed by atoms with Crippen LogP contribution in [0.1, 0.15) is 81.9 Å². The van der Waals surface area contributed by atoms with Crippen LogP contribution >= 0.6 is 0 Å². The highest BCUT2D eigenvalue weighted by Gasteiger charge is 2.46. The second-order valence-corrected chi connectivity index (χ2v) is 11.7. The van der Waals surface area contributed by atoms with Gasteiger partial charge in [0.1, 0.15) is 17.0 Å². The van der Waals surface area contributed by atoms with Crippen LogP contribution in [-0.4, -0.2) is 58.1 Å². The molecule has 8 nitrogen and oxygen atoms in total. The molecular weight excluding hydrogens is 470 g/mol. The van der Waals surface area contributed by atoms with E-state index < -0.39 is 11.6 Å². The Hall–Kier alpha value is -3.03. The first-order chi connectivity index (χ1) is 17.6. The van der Waals surface area contributed by atoms with Gasteiger partial charge in [-0.2, -0.15) is 5.10 Å². The zero-order valence-electron chi connectivity index (χ0n) is 22.7. The number of nitrogens with zero attached hydrogens (tertiary/aromatic N) is 3. The fourth-order valence-corrected chi connectivity index (χ4v) is 5.79. The Kier molecular flexibility index (Phi) is 6.94. The van der Waals surface area contributed by atoms with Gasteiger partial charge in [0.2, 0.25) is 0 Å². The molecule has 3 unspecified atom stereocenters. The third-order valence-electron chi connectivity index (χ3n) is 7.64. The summed E-state index contributed by atoms with van der Waals surface area (Å²) in [7, 11) is 0. The summed E-state index contributed by atoms with van der Waals surface area (Å²) in [6, 6.07) is 7.85. The van der Waals surface area contributed by atoms with Crippen molar-refractivity contribution < 1.29 is 23.8 Å². The second-order valence-electron chi connectivity index (χ2n) is 11.7. The van der Waals surface area contributed by atoms with Crippen molar-refractivity contribution in [1.29, 1.82) is 0 Å². The Morgan fingerprint density at radius 3 is 2.43 bits per heavy atom. The molecule has 37 heavy (non-hydrogen) atoms. The van der Waals surface area contributed by atoms with E-state index in [1.807, 2.05) is 52.0 Å². The molecule has 8 heteroatoms. The van der Waals surface area contributed by atoms with E-state index in [0.717, 1.165) is 47.2 Å². The molecule has 2 aromatic rings. The highest BCUT2D eigenvalue weighted by molar-refractivity contribution is 5.91. The van der Waals surface area contributed by atoms with E-state index >= 15 is 0 Å². The first kappa shape index (κ1) is 25.6. The zero-order valence-corrected chi connectivity index (χ0v) is 22.7. The van der Waals surface area contributed by atoms with E-state index in [-0.39, 0.29) is 18.7 Å². The fourth-order valence-electron chi connectivity index (χ4n) is 5.79. The van der Waals surface area contributed by atoms with Gasteiger partial charge in [-0.3, -0.25) is 4.68 Å². The summed E-state index contributed by atoms with van der Waals surface area (Å²) < 4.78 is 19.0. The molecule has 3 atom stereocenters. The van der Waals surface area contributed by atoms with Gasteiger partial charge in [0.05, 0.1) is 24.4 Å². The van der Waals surface area contributed by atoms with Crippen LogP contribution < -0.4 is 4.74 Å². The Bertz CT molecular complexity index is 1140. The molecule has 1 amide bonds. The summed E-state index contributed by atoms with van der Waals surface area (Å²) in [4.78, 5) is 27.5. The molecule has 1 aromatic heterocycles. The van der Waals surface area contributed by atoms with Gasteiger partial charge in [0.25, 0.3) is 0 Å². The molecule has 2 aliphatic carbocycles. The van der Waals surface area contributed by atoms with Crippen molar-refractivity contribution >= 4 is 12.1 Å². The van der Waals surface area contributed by atoms with Crippen molar-refractivity contribution in [3.8, 4) is 17.0 Å². The van der Waals surface area contributed by atoms with E-state index in [1.165, 1.54) is 19.3 Å². The maximum absolute atomic E-state index is 13.0. The SMILES string of the molecule is CCOC(=O)c1c(C)c(-c2ccc(OC3CC4CC4C3)cc2)nn1C1CCCN(C(=O)OC(C)(C)C)C1. The quantitative estimate of drug-likeness (QED) is 0.459. The number of benzene rings is 1. The molecular formula is C29H39N3O5. The third kappa shape index (κ3) is 5.63. The number of piperidine rings is 1. The Balaban J connectivity index is 1.38. The maximum atomic E-state index is 13.0. The lowest BCUT2D eigenvalue weighted by Crippen LogP contribution is -2.44. The number of carbonyl (C=O) groups is 2. The predicted octanol–water partition coefficient (Wildman–Crippen LogP) is 5.78. The van der Waals surface area contributed by atoms with Crippen molar-refractivity contribution in [2.45, 2.75) is 84.5 Å². The van der Waals surface area contributed by atoms with E-state index in [1.54, 1.807) is 16.5 Å². The van der Waals surface area contributed by atoms with Crippen molar-refractivity contribution in [2.24, 2.45) is 11.8 Å². The minimum Gasteiger partial charge on any atom is -0.490 e. The number of rotatable bonds is 6. The minimum atomic E-state index is -0.566. The standard InChI is InChI=1S/C29H39N3O5/c1-6-35-27(33)26-18(2)25(19-9-11-23(12-10-19)36-24-15-20-14-21(20)16-24)30-32(26)22-8-7-13-31(17-22)28(34)37-29(3,4)5/h9-12,20-22,24H,6-8,13-17H2,1-5H3. The van der Waals surface area contributed by atoms with Gasteiger partial charge in [-0.25, -0.2) is 9.59 Å². The van der Waals surface area contributed by atoms with Crippen LogP contribution in [0.4, 0.5) is 4.79 Å². The molecule has 0 spiro atoms. The molecule has 1 aromatic carbocycles. The summed E-state index contributed by atoms with van der Waals surface area (Å²) in [5, 5.41) is 4.92. The second kappa shape index (κ2) is 10.0. The topological polar surface area (TPSA) is 82.9 Å². The van der Waals surface area contributed by atoms with Crippen molar-refractivity contribution in [3.63, 3.8) is 0 Å². The van der Waals surface area contributed by atoms with E-state index in [4.69, 9.17) is 19.3 Å². The molecule has 0 radical (unpaired) electrons. The monoisotopic (exact) mass is 509 g/mol. The van der Waals surface area contributed by atoms with Gasteiger partial charge < -0.3 is 19.1 Å². The van der Waals surface area contributed by atoms with Crippen molar-refractivity contribution in [2.75, 3.05) is 19.7 Å². The predicted molar refractivity (Wildman–Crippen MR) is 140 cm³/mol. The van der Waals surface area contributed by atoms with Crippen LogP contribution in [0.5, 0.6) is 5.75 Å². The lowest BCUT2D eigenvalue weighted by molar-refractivity contribution is 0.0165. The molecule has 3 aliphatic rings. The molecule has 200 valence electrons. The van der Waals surface area contributed by atoms with E-state index in [2.05, 4.69) is 0 Å². The fraction of sp³-hybridized carbons (Fsp3) is 0.621. The largest absolute Gasteiger partial charge is 0.490 e. The summed E-state index contributed by atoms with van der Waals surface area (Å²) in [5.74, 6) is 2.23. The highest BCUT2D eigenvalue weighted by atomic mass is 16.6. The van der Waals surface area contributed by atoms with Gasteiger partial charge in [-0.15, -0.1) is 0 Å². The van der Waals surface area contributed by atoms with E-state index in [0.29, 0.717) is 24.9 Å².